The number of fused-ring (bicyclic) bond motifs is 1. The smallest absolute Gasteiger partial charge is 0.333 e. The Balaban J connectivity index is 1.56. The molecule has 0 saturated heterocycles. The maximum Gasteiger partial charge on any atom is 0.333 e. The Kier molecular flexibility index (Phi) is 7.69. The summed E-state index contributed by atoms with van der Waals surface area (Å²) in [6.45, 7) is 6.37. The number of allylic oxidation sites excluding steroid dienone is 1. The van der Waals surface area contributed by atoms with E-state index < -0.39 is 0 Å². The Morgan fingerprint density at radius 1 is 1.00 bits per heavy atom. The molecule has 152 valence electrons. The van der Waals surface area contributed by atoms with Crippen LogP contribution in [0.15, 0.2) is 66.8 Å². The summed E-state index contributed by atoms with van der Waals surface area (Å²) in [6.07, 6.45) is 8.37. The van der Waals surface area contributed by atoms with E-state index in [1.165, 1.54) is 22.3 Å². The van der Waals surface area contributed by atoms with Crippen molar-refractivity contribution in [1.82, 2.24) is 0 Å². The maximum absolute atomic E-state index is 11.4. The summed E-state index contributed by atoms with van der Waals surface area (Å²) in [7, 11) is 0. The first-order valence-corrected chi connectivity index (χ1v) is 10.5. The number of hydrogen-bond donors (Lipinski definition) is 0. The molecule has 0 fully saturated rings. The van der Waals surface area contributed by atoms with Gasteiger partial charge in [-0.2, -0.15) is 0 Å². The monoisotopic (exact) mass is 390 g/mol. The van der Waals surface area contributed by atoms with Crippen LogP contribution in [0.5, 0.6) is 5.75 Å². The number of carbonyl (C=O) groups excluding carboxylic acids is 1. The molecule has 0 heterocycles. The van der Waals surface area contributed by atoms with Crippen molar-refractivity contribution in [3.8, 4) is 5.75 Å². The van der Waals surface area contributed by atoms with E-state index in [-0.39, 0.29) is 5.97 Å². The van der Waals surface area contributed by atoms with Gasteiger partial charge in [0.1, 0.15) is 5.75 Å². The molecule has 0 amide bonds. The van der Waals surface area contributed by atoms with Gasteiger partial charge >= 0.3 is 5.97 Å². The van der Waals surface area contributed by atoms with Crippen LogP contribution in [0.2, 0.25) is 0 Å². The average Bonchev–Trinajstić information content (AvgIpc) is 2.96. The Labute approximate surface area is 174 Å². The molecule has 0 N–H and O–H groups in total. The number of ether oxygens (including phenoxy) is 2. The van der Waals surface area contributed by atoms with Crippen LogP contribution in [0.25, 0.3) is 5.57 Å². The van der Waals surface area contributed by atoms with E-state index in [0.717, 1.165) is 44.3 Å². The molecule has 0 aliphatic heterocycles. The molecular formula is C26H30O3. The zero-order valence-corrected chi connectivity index (χ0v) is 17.3. The predicted molar refractivity (Wildman–Crippen MR) is 118 cm³/mol. The Morgan fingerprint density at radius 3 is 2.59 bits per heavy atom. The molecule has 1 aliphatic rings. The second-order valence-electron chi connectivity index (χ2n) is 7.48. The maximum atomic E-state index is 11.4. The largest absolute Gasteiger partial charge is 0.493 e. The highest BCUT2D eigenvalue weighted by Crippen LogP contribution is 2.35. The summed E-state index contributed by atoms with van der Waals surface area (Å²) >= 11 is 0. The summed E-state index contributed by atoms with van der Waals surface area (Å²) in [5, 5.41) is 0. The van der Waals surface area contributed by atoms with Crippen molar-refractivity contribution in [2.75, 3.05) is 13.2 Å². The number of benzene rings is 2. The number of carbonyl (C=O) groups is 1. The van der Waals surface area contributed by atoms with Crippen molar-refractivity contribution in [3.63, 3.8) is 0 Å². The summed E-state index contributed by atoms with van der Waals surface area (Å²) < 4.78 is 11.3. The van der Waals surface area contributed by atoms with Crippen LogP contribution < -0.4 is 4.74 Å². The van der Waals surface area contributed by atoms with Crippen molar-refractivity contribution in [2.45, 2.75) is 45.4 Å². The fraction of sp³-hybridized carbons (Fsp3) is 0.346. The van der Waals surface area contributed by atoms with Crippen molar-refractivity contribution in [1.29, 1.82) is 0 Å². The minimum absolute atomic E-state index is 0.310. The lowest BCUT2D eigenvalue weighted by molar-refractivity contribution is -0.139. The molecule has 3 nitrogen and oxygen atoms in total. The van der Waals surface area contributed by atoms with Crippen molar-refractivity contribution in [2.24, 2.45) is 0 Å². The average molecular weight is 391 g/mol. The van der Waals surface area contributed by atoms with Gasteiger partial charge in [0, 0.05) is 11.1 Å². The van der Waals surface area contributed by atoms with E-state index in [1.54, 1.807) is 6.92 Å². The van der Waals surface area contributed by atoms with E-state index in [1.807, 2.05) is 0 Å². The van der Waals surface area contributed by atoms with Crippen LogP contribution >= 0.6 is 0 Å². The minimum Gasteiger partial charge on any atom is -0.493 e. The lowest BCUT2D eigenvalue weighted by atomic mass is 9.93. The third kappa shape index (κ3) is 5.83. The highest BCUT2D eigenvalue weighted by molar-refractivity contribution is 5.86. The standard InChI is InChI=1S/C26H30O3/c1-20(2)26(27)29-19-10-4-9-18-28-25-17-11-16-23-22(14-7-8-15-24(23)25)21-12-5-3-6-13-21/h3,5-6,11-14,16-17H,1,4,7-10,15,18-19H2,2H3. The van der Waals surface area contributed by atoms with Crippen LogP contribution in [0.4, 0.5) is 0 Å². The second kappa shape index (κ2) is 10.7. The zero-order chi connectivity index (χ0) is 20.5. The van der Waals surface area contributed by atoms with Crippen LogP contribution in [0, 0.1) is 0 Å². The van der Waals surface area contributed by atoms with E-state index >= 15 is 0 Å². The molecule has 2 aromatic rings. The van der Waals surface area contributed by atoms with Crippen molar-refractivity contribution < 1.29 is 14.3 Å². The molecule has 0 bridgehead atoms. The van der Waals surface area contributed by atoms with Gasteiger partial charge in [-0.25, -0.2) is 4.79 Å². The molecule has 3 rings (SSSR count). The van der Waals surface area contributed by atoms with Gasteiger partial charge in [-0.15, -0.1) is 0 Å². The van der Waals surface area contributed by atoms with Gasteiger partial charge in [0.25, 0.3) is 0 Å². The molecule has 0 atom stereocenters. The number of rotatable bonds is 9. The van der Waals surface area contributed by atoms with Crippen LogP contribution in [-0.2, 0) is 16.0 Å². The van der Waals surface area contributed by atoms with Gasteiger partial charge in [-0.05, 0) is 68.2 Å². The number of esters is 1. The summed E-state index contributed by atoms with van der Waals surface area (Å²) in [5.41, 5.74) is 5.62. The fourth-order valence-electron chi connectivity index (χ4n) is 3.59. The SMILES string of the molecule is C=C(C)C(=O)OCCCCCOc1cccc2c1CCCC=C2c1ccccc1. The lowest BCUT2D eigenvalue weighted by Gasteiger charge is -2.16. The van der Waals surface area contributed by atoms with E-state index in [0.29, 0.717) is 18.8 Å². The highest BCUT2D eigenvalue weighted by Gasteiger charge is 2.16. The molecule has 3 heteroatoms. The van der Waals surface area contributed by atoms with E-state index in [9.17, 15) is 4.79 Å². The first-order valence-electron chi connectivity index (χ1n) is 10.5. The third-order valence-electron chi connectivity index (χ3n) is 5.12. The van der Waals surface area contributed by atoms with Crippen LogP contribution in [0.1, 0.15) is 55.7 Å². The molecule has 2 aromatic carbocycles. The van der Waals surface area contributed by atoms with Gasteiger partial charge in [0.05, 0.1) is 13.2 Å². The molecule has 0 unspecified atom stereocenters. The predicted octanol–water partition coefficient (Wildman–Crippen LogP) is 6.12. The number of hydrogen-bond acceptors (Lipinski definition) is 3. The quantitative estimate of drug-likeness (QED) is 0.294. The van der Waals surface area contributed by atoms with Crippen LogP contribution in [-0.4, -0.2) is 19.2 Å². The van der Waals surface area contributed by atoms with Gasteiger partial charge in [0.2, 0.25) is 0 Å². The van der Waals surface area contributed by atoms with Crippen molar-refractivity contribution in [3.05, 3.63) is 83.4 Å². The van der Waals surface area contributed by atoms with Gasteiger partial charge in [-0.1, -0.05) is 55.1 Å². The van der Waals surface area contributed by atoms with Gasteiger partial charge < -0.3 is 9.47 Å². The van der Waals surface area contributed by atoms with Gasteiger partial charge in [-0.3, -0.25) is 0 Å². The molecule has 1 aliphatic carbocycles. The minimum atomic E-state index is -0.310. The van der Waals surface area contributed by atoms with E-state index in [4.69, 9.17) is 9.47 Å². The lowest BCUT2D eigenvalue weighted by Crippen LogP contribution is -2.07. The summed E-state index contributed by atoms with van der Waals surface area (Å²) in [5.74, 6) is 0.690. The molecule has 29 heavy (non-hydrogen) atoms. The molecule has 0 spiro atoms. The van der Waals surface area contributed by atoms with E-state index in [2.05, 4.69) is 61.2 Å². The summed E-state index contributed by atoms with van der Waals surface area (Å²) in [6, 6.07) is 17.0. The molecule has 0 radical (unpaired) electrons. The fourth-order valence-corrected chi connectivity index (χ4v) is 3.59. The highest BCUT2D eigenvalue weighted by atomic mass is 16.5. The Morgan fingerprint density at radius 2 is 1.79 bits per heavy atom. The number of unbranched alkanes of at least 4 members (excludes halogenated alkanes) is 2. The summed E-state index contributed by atoms with van der Waals surface area (Å²) in [4.78, 5) is 11.4. The zero-order valence-electron chi connectivity index (χ0n) is 17.3. The molecular weight excluding hydrogens is 360 g/mol. The Hall–Kier alpha value is -2.81. The van der Waals surface area contributed by atoms with Gasteiger partial charge in [0.15, 0.2) is 0 Å². The molecule has 0 saturated carbocycles. The first kappa shape index (κ1) is 20.9. The third-order valence-corrected chi connectivity index (χ3v) is 5.12. The van der Waals surface area contributed by atoms with Crippen LogP contribution in [0.3, 0.4) is 0 Å². The Bertz CT molecular complexity index is 865. The first-order chi connectivity index (χ1) is 14.2. The van der Waals surface area contributed by atoms with Crippen molar-refractivity contribution >= 4 is 11.5 Å². The second-order valence-corrected chi connectivity index (χ2v) is 7.48. The normalized spacial score (nSPS) is 13.1. The topological polar surface area (TPSA) is 35.5 Å². The molecule has 0 aromatic heterocycles.